The van der Waals surface area contributed by atoms with Crippen LogP contribution in [0.5, 0.6) is 5.75 Å². The summed E-state index contributed by atoms with van der Waals surface area (Å²) in [5, 5.41) is 10.1. The molecule has 1 fully saturated rings. The number of anilines is 5. The number of H-pyrrole nitrogens is 1. The van der Waals surface area contributed by atoms with E-state index in [1.165, 1.54) is 0 Å². The molecule has 0 saturated carbocycles. The number of hydrogen-bond acceptors (Lipinski definition) is 8. The molecule has 0 radical (unpaired) electrons. The third kappa shape index (κ3) is 5.21. The molecule has 10 nitrogen and oxygen atoms in total. The molecule has 1 aliphatic heterocycles. The summed E-state index contributed by atoms with van der Waals surface area (Å²) in [5.74, 6) is 1.51. The van der Waals surface area contributed by atoms with Crippen LogP contribution in [0.2, 0.25) is 0 Å². The summed E-state index contributed by atoms with van der Waals surface area (Å²) in [6, 6.07) is 15.9. The molecule has 198 valence electrons. The largest absolute Gasteiger partial charge is 0.494 e. The Kier molecular flexibility index (Phi) is 7.32. The van der Waals surface area contributed by atoms with E-state index in [1.807, 2.05) is 36.5 Å². The number of piperazine rings is 1. The van der Waals surface area contributed by atoms with E-state index < -0.39 is 0 Å². The topological polar surface area (TPSA) is 110 Å². The van der Waals surface area contributed by atoms with Gasteiger partial charge >= 0.3 is 0 Å². The van der Waals surface area contributed by atoms with Crippen LogP contribution in [-0.4, -0.2) is 72.1 Å². The first-order valence-corrected chi connectivity index (χ1v) is 12.8. The van der Waals surface area contributed by atoms with Crippen LogP contribution in [0.25, 0.3) is 11.0 Å². The SMILES string of the molecule is CNC(=O)c1ccccc1Nc1nc(Nc2ccc(N3CCN(C(C)C)CC3)cc2OC)nc2[nH]ccc12. The Hall–Kier alpha value is -4.31. The third-order valence-corrected chi connectivity index (χ3v) is 6.91. The van der Waals surface area contributed by atoms with Crippen molar-refractivity contribution in [1.29, 1.82) is 0 Å². The first-order chi connectivity index (χ1) is 18.5. The maximum atomic E-state index is 12.4. The predicted molar refractivity (Wildman–Crippen MR) is 152 cm³/mol. The Balaban J connectivity index is 1.41. The number of amides is 1. The highest BCUT2D eigenvalue weighted by atomic mass is 16.5. The van der Waals surface area contributed by atoms with Gasteiger partial charge in [0.05, 0.1) is 29.4 Å². The molecule has 3 heterocycles. The van der Waals surface area contributed by atoms with Gasteiger partial charge in [-0.3, -0.25) is 9.69 Å². The highest BCUT2D eigenvalue weighted by molar-refractivity contribution is 6.01. The smallest absolute Gasteiger partial charge is 0.253 e. The van der Waals surface area contributed by atoms with Crippen molar-refractivity contribution < 1.29 is 9.53 Å². The van der Waals surface area contributed by atoms with Gasteiger partial charge in [0.1, 0.15) is 17.2 Å². The Labute approximate surface area is 222 Å². The molecule has 1 amide bonds. The van der Waals surface area contributed by atoms with Crippen molar-refractivity contribution in [2.45, 2.75) is 19.9 Å². The van der Waals surface area contributed by atoms with Crippen LogP contribution in [0.1, 0.15) is 24.2 Å². The molecule has 0 aliphatic carbocycles. The number of nitrogens with one attached hydrogen (secondary N) is 4. The molecule has 2 aromatic carbocycles. The van der Waals surface area contributed by atoms with Crippen LogP contribution in [0, 0.1) is 0 Å². The van der Waals surface area contributed by atoms with E-state index in [0.717, 1.165) is 42.9 Å². The summed E-state index contributed by atoms with van der Waals surface area (Å²) in [6.07, 6.45) is 1.81. The van der Waals surface area contributed by atoms with E-state index in [1.54, 1.807) is 20.2 Å². The van der Waals surface area contributed by atoms with Gasteiger partial charge in [-0.15, -0.1) is 0 Å². The van der Waals surface area contributed by atoms with Crippen LogP contribution in [0.3, 0.4) is 0 Å². The minimum absolute atomic E-state index is 0.179. The standard InChI is InChI=1S/C28H34N8O2/c1-18(2)35-13-15-36(16-14-35)19-9-10-23(24(17-19)38-4)32-28-33-25-21(11-12-30-25)26(34-28)31-22-8-6-5-7-20(22)27(37)29-3/h5-12,17-18H,13-16H2,1-4H3,(H,29,37)(H3,30,31,32,33,34). The maximum absolute atomic E-state index is 12.4. The molecule has 1 saturated heterocycles. The lowest BCUT2D eigenvalue weighted by Crippen LogP contribution is -2.48. The first kappa shape index (κ1) is 25.3. The van der Waals surface area contributed by atoms with Crippen molar-refractivity contribution >= 4 is 45.8 Å². The molecular formula is C28H34N8O2. The number of carbonyl (C=O) groups is 1. The van der Waals surface area contributed by atoms with Crippen LogP contribution in [-0.2, 0) is 0 Å². The average molecular weight is 515 g/mol. The third-order valence-electron chi connectivity index (χ3n) is 6.91. The number of fused-ring (bicyclic) bond motifs is 1. The molecule has 4 aromatic rings. The summed E-state index contributed by atoms with van der Waals surface area (Å²) in [6.45, 7) is 8.53. The normalized spacial score (nSPS) is 14.1. The number of carbonyl (C=O) groups excluding carboxylic acids is 1. The van der Waals surface area contributed by atoms with Gasteiger partial charge in [0.25, 0.3) is 5.91 Å². The number of benzene rings is 2. The van der Waals surface area contributed by atoms with Gasteiger partial charge in [-0.25, -0.2) is 0 Å². The fraction of sp³-hybridized carbons (Fsp3) is 0.321. The van der Waals surface area contributed by atoms with Gasteiger partial charge < -0.3 is 30.6 Å². The zero-order valence-corrected chi connectivity index (χ0v) is 22.2. The van der Waals surface area contributed by atoms with E-state index in [4.69, 9.17) is 9.72 Å². The highest BCUT2D eigenvalue weighted by Crippen LogP contribution is 2.33. The Morgan fingerprint density at radius 1 is 1.00 bits per heavy atom. The molecule has 2 aromatic heterocycles. The second kappa shape index (κ2) is 11.0. The van der Waals surface area contributed by atoms with Crippen molar-refractivity contribution in [1.82, 2.24) is 25.2 Å². The number of aromatic nitrogens is 3. The van der Waals surface area contributed by atoms with Crippen LogP contribution >= 0.6 is 0 Å². The van der Waals surface area contributed by atoms with Crippen LogP contribution in [0.15, 0.2) is 54.7 Å². The van der Waals surface area contributed by atoms with E-state index >= 15 is 0 Å². The van der Waals surface area contributed by atoms with Gasteiger partial charge in [0, 0.05) is 57.2 Å². The van der Waals surface area contributed by atoms with Crippen LogP contribution in [0.4, 0.5) is 28.8 Å². The van der Waals surface area contributed by atoms with E-state index in [2.05, 4.69) is 61.7 Å². The summed E-state index contributed by atoms with van der Waals surface area (Å²) in [4.78, 5) is 29.8. The van der Waals surface area contributed by atoms with Crippen molar-refractivity contribution in [3.05, 3.63) is 60.3 Å². The fourth-order valence-electron chi connectivity index (χ4n) is 4.74. The number of para-hydroxylation sites is 1. The second-order valence-corrected chi connectivity index (χ2v) is 9.51. The molecule has 0 atom stereocenters. The quantitative estimate of drug-likeness (QED) is 0.275. The highest BCUT2D eigenvalue weighted by Gasteiger charge is 2.20. The summed E-state index contributed by atoms with van der Waals surface area (Å²) in [5.41, 5.74) is 3.74. The average Bonchev–Trinajstić information content (AvgIpc) is 3.42. The number of rotatable bonds is 8. The summed E-state index contributed by atoms with van der Waals surface area (Å²) >= 11 is 0. The molecule has 1 aliphatic rings. The molecule has 10 heteroatoms. The fourth-order valence-corrected chi connectivity index (χ4v) is 4.74. The lowest BCUT2D eigenvalue weighted by Gasteiger charge is -2.38. The van der Waals surface area contributed by atoms with Gasteiger partial charge in [0.15, 0.2) is 0 Å². The Morgan fingerprint density at radius 2 is 1.79 bits per heavy atom. The monoisotopic (exact) mass is 514 g/mol. The zero-order valence-electron chi connectivity index (χ0n) is 22.2. The number of aromatic amines is 1. The number of methoxy groups -OCH3 is 1. The molecule has 0 spiro atoms. The number of nitrogens with zero attached hydrogens (tertiary/aromatic N) is 4. The molecule has 4 N–H and O–H groups in total. The summed E-state index contributed by atoms with van der Waals surface area (Å²) in [7, 11) is 3.28. The van der Waals surface area contributed by atoms with Gasteiger partial charge in [-0.05, 0) is 44.2 Å². The van der Waals surface area contributed by atoms with Crippen molar-refractivity contribution in [3.63, 3.8) is 0 Å². The van der Waals surface area contributed by atoms with Gasteiger partial charge in [-0.2, -0.15) is 9.97 Å². The number of hydrogen-bond donors (Lipinski definition) is 4. The lowest BCUT2D eigenvalue weighted by atomic mass is 10.1. The molecule has 5 rings (SSSR count). The molecule has 0 bridgehead atoms. The molecule has 0 unspecified atom stereocenters. The van der Waals surface area contributed by atoms with E-state index in [-0.39, 0.29) is 5.91 Å². The predicted octanol–water partition coefficient (Wildman–Crippen LogP) is 4.34. The molecular weight excluding hydrogens is 480 g/mol. The first-order valence-electron chi connectivity index (χ1n) is 12.8. The lowest BCUT2D eigenvalue weighted by molar-refractivity contribution is 0.0964. The van der Waals surface area contributed by atoms with Crippen molar-refractivity contribution in [2.75, 3.05) is 55.9 Å². The minimum atomic E-state index is -0.179. The van der Waals surface area contributed by atoms with Crippen molar-refractivity contribution in [2.24, 2.45) is 0 Å². The second-order valence-electron chi connectivity index (χ2n) is 9.51. The Bertz CT molecular complexity index is 1430. The van der Waals surface area contributed by atoms with E-state index in [0.29, 0.717) is 40.5 Å². The van der Waals surface area contributed by atoms with Gasteiger partial charge in [0.2, 0.25) is 5.95 Å². The van der Waals surface area contributed by atoms with Crippen LogP contribution < -0.4 is 25.6 Å². The summed E-state index contributed by atoms with van der Waals surface area (Å²) < 4.78 is 5.74. The maximum Gasteiger partial charge on any atom is 0.253 e. The van der Waals surface area contributed by atoms with Crippen molar-refractivity contribution in [3.8, 4) is 5.75 Å². The van der Waals surface area contributed by atoms with E-state index in [9.17, 15) is 4.79 Å². The number of ether oxygens (including phenoxy) is 1. The van der Waals surface area contributed by atoms with Gasteiger partial charge in [-0.1, -0.05) is 12.1 Å². The molecule has 38 heavy (non-hydrogen) atoms. The minimum Gasteiger partial charge on any atom is -0.494 e. The Morgan fingerprint density at radius 3 is 2.53 bits per heavy atom. The zero-order chi connectivity index (χ0) is 26.6.